The van der Waals surface area contributed by atoms with Crippen LogP contribution in [0.3, 0.4) is 0 Å². The fraction of sp³-hybridized carbons (Fsp3) is 0.875. The van der Waals surface area contributed by atoms with E-state index in [0.29, 0.717) is 6.42 Å². The molecule has 0 aromatic rings. The van der Waals surface area contributed by atoms with E-state index < -0.39 is 0 Å². The normalized spacial score (nSPS) is 42.6. The average molecular weight is 245 g/mol. The minimum absolute atomic E-state index is 0.0791. The Bertz CT molecular complexity index is 357. The molecule has 18 heavy (non-hydrogen) atoms. The molecule has 0 aromatic heterocycles. The number of ketones is 1. The Morgan fingerprint density at radius 3 is 2.11 bits per heavy atom. The Hall–Kier alpha value is -0.840. The smallest absolute Gasteiger partial charge is 0.150 e. The molecule has 2 heteroatoms. The van der Waals surface area contributed by atoms with Crippen LogP contribution >= 0.6 is 0 Å². The van der Waals surface area contributed by atoms with Gasteiger partial charge in [-0.3, -0.25) is 4.79 Å². The number of nitrogens with zero attached hydrogens (tertiary/aromatic N) is 1. The van der Waals surface area contributed by atoms with Crippen molar-refractivity contribution < 1.29 is 4.79 Å². The number of hydrogen-bond donors (Lipinski definition) is 0. The molecule has 0 radical (unpaired) electrons. The summed E-state index contributed by atoms with van der Waals surface area (Å²) in [5.74, 6) is 2.39. The van der Waals surface area contributed by atoms with E-state index in [1.165, 1.54) is 19.3 Å². The van der Waals surface area contributed by atoms with Gasteiger partial charge >= 0.3 is 0 Å². The van der Waals surface area contributed by atoms with Crippen molar-refractivity contribution in [2.45, 2.75) is 58.3 Å². The second-order valence-corrected chi connectivity index (χ2v) is 7.06. The second kappa shape index (κ2) is 4.37. The van der Waals surface area contributed by atoms with Crippen LogP contribution in [-0.2, 0) is 4.79 Å². The van der Waals surface area contributed by atoms with Crippen molar-refractivity contribution >= 4 is 5.78 Å². The third kappa shape index (κ3) is 1.79. The maximum absolute atomic E-state index is 12.3. The summed E-state index contributed by atoms with van der Waals surface area (Å²) in [5.41, 5.74) is 0.0791. The molecule has 1 unspecified atom stereocenters. The molecule has 0 saturated heterocycles. The molecule has 0 N–H and O–H groups in total. The van der Waals surface area contributed by atoms with Crippen LogP contribution in [0.1, 0.15) is 58.3 Å². The summed E-state index contributed by atoms with van der Waals surface area (Å²) < 4.78 is 0. The van der Waals surface area contributed by atoms with Crippen LogP contribution in [0.2, 0.25) is 0 Å². The first kappa shape index (κ1) is 12.2. The molecular formula is C16H23NO. The molecule has 0 heterocycles. The lowest BCUT2D eigenvalue weighted by Crippen LogP contribution is -2.51. The summed E-state index contributed by atoms with van der Waals surface area (Å²) >= 11 is 0. The van der Waals surface area contributed by atoms with E-state index in [4.69, 9.17) is 0 Å². The molecule has 4 bridgehead atoms. The van der Waals surface area contributed by atoms with E-state index in [1.807, 2.05) is 6.92 Å². The molecule has 1 atom stereocenters. The SMILES string of the molecule is CCCC(=O)C(C#N)C12CC3CC(CC(C3)C1)C2. The van der Waals surface area contributed by atoms with Gasteiger partial charge in [0.25, 0.3) is 0 Å². The van der Waals surface area contributed by atoms with Crippen molar-refractivity contribution in [1.29, 1.82) is 5.26 Å². The number of rotatable bonds is 4. The van der Waals surface area contributed by atoms with Crippen molar-refractivity contribution in [3.8, 4) is 6.07 Å². The molecule has 0 aliphatic heterocycles. The van der Waals surface area contributed by atoms with E-state index in [0.717, 1.165) is 43.4 Å². The second-order valence-electron chi connectivity index (χ2n) is 7.06. The standard InChI is InChI=1S/C16H23NO/c1-2-3-15(18)14(10-17)16-7-11-4-12(8-16)6-13(5-11)9-16/h11-14H,2-9H2,1H3. The van der Waals surface area contributed by atoms with Crippen LogP contribution in [-0.4, -0.2) is 5.78 Å². The molecule has 0 amide bonds. The van der Waals surface area contributed by atoms with Gasteiger partial charge in [-0.15, -0.1) is 0 Å². The number of nitriles is 1. The zero-order valence-electron chi connectivity index (χ0n) is 11.3. The van der Waals surface area contributed by atoms with Crippen LogP contribution in [0.4, 0.5) is 0 Å². The van der Waals surface area contributed by atoms with Crippen molar-refractivity contribution in [1.82, 2.24) is 0 Å². The lowest BCUT2D eigenvalue weighted by atomic mass is 9.46. The highest BCUT2D eigenvalue weighted by atomic mass is 16.1. The monoisotopic (exact) mass is 245 g/mol. The average Bonchev–Trinajstić information content (AvgIpc) is 2.27. The van der Waals surface area contributed by atoms with Gasteiger partial charge in [0.05, 0.1) is 6.07 Å². The predicted molar refractivity (Wildman–Crippen MR) is 69.6 cm³/mol. The topological polar surface area (TPSA) is 40.9 Å². The van der Waals surface area contributed by atoms with E-state index >= 15 is 0 Å². The van der Waals surface area contributed by atoms with Gasteiger partial charge in [0.15, 0.2) is 5.78 Å². The molecule has 0 spiro atoms. The zero-order valence-corrected chi connectivity index (χ0v) is 11.3. The molecule has 4 rings (SSSR count). The van der Waals surface area contributed by atoms with Gasteiger partial charge in [-0.25, -0.2) is 0 Å². The van der Waals surface area contributed by atoms with Crippen molar-refractivity contribution in [3.05, 3.63) is 0 Å². The number of carbonyl (C=O) groups is 1. The minimum atomic E-state index is -0.300. The summed E-state index contributed by atoms with van der Waals surface area (Å²) in [6, 6.07) is 2.39. The van der Waals surface area contributed by atoms with Crippen molar-refractivity contribution in [2.24, 2.45) is 29.1 Å². The zero-order chi connectivity index (χ0) is 12.8. The Kier molecular flexibility index (Phi) is 2.96. The molecule has 0 aromatic carbocycles. The van der Waals surface area contributed by atoms with Gasteiger partial charge in [-0.05, 0) is 68.1 Å². The molecule has 2 nitrogen and oxygen atoms in total. The summed E-state index contributed by atoms with van der Waals surface area (Å²) in [4.78, 5) is 12.3. The highest BCUT2D eigenvalue weighted by Gasteiger charge is 2.55. The van der Waals surface area contributed by atoms with Gasteiger partial charge in [0.2, 0.25) is 0 Å². The first-order chi connectivity index (χ1) is 8.66. The van der Waals surface area contributed by atoms with E-state index in [-0.39, 0.29) is 17.1 Å². The molecular weight excluding hydrogens is 222 g/mol. The maximum atomic E-state index is 12.3. The third-order valence-electron chi connectivity index (χ3n) is 5.65. The fourth-order valence-electron chi connectivity index (χ4n) is 5.47. The number of Topliss-reactive ketones (excluding diaryl/α,β-unsaturated/α-hetero) is 1. The van der Waals surface area contributed by atoms with Crippen LogP contribution in [0.25, 0.3) is 0 Å². The highest BCUT2D eigenvalue weighted by molar-refractivity contribution is 5.84. The molecule has 4 fully saturated rings. The number of carbonyl (C=O) groups excluding carboxylic acids is 1. The number of hydrogen-bond acceptors (Lipinski definition) is 2. The van der Waals surface area contributed by atoms with E-state index in [2.05, 4.69) is 6.07 Å². The molecule has 4 saturated carbocycles. The lowest BCUT2D eigenvalue weighted by molar-refractivity contribution is -0.134. The molecule has 4 aliphatic rings. The third-order valence-corrected chi connectivity index (χ3v) is 5.65. The minimum Gasteiger partial charge on any atom is -0.298 e. The molecule has 4 aliphatic carbocycles. The van der Waals surface area contributed by atoms with Crippen molar-refractivity contribution in [2.75, 3.05) is 0 Å². The van der Waals surface area contributed by atoms with E-state index in [1.54, 1.807) is 0 Å². The van der Waals surface area contributed by atoms with Crippen LogP contribution in [0.15, 0.2) is 0 Å². The van der Waals surface area contributed by atoms with Crippen LogP contribution < -0.4 is 0 Å². The summed E-state index contributed by atoms with van der Waals surface area (Å²) in [5, 5.41) is 9.51. The summed E-state index contributed by atoms with van der Waals surface area (Å²) in [6.07, 6.45) is 9.08. The van der Waals surface area contributed by atoms with Crippen LogP contribution in [0.5, 0.6) is 0 Å². The first-order valence-electron chi connectivity index (χ1n) is 7.59. The molecule has 98 valence electrons. The predicted octanol–water partition coefficient (Wildman–Crippen LogP) is 3.71. The van der Waals surface area contributed by atoms with Crippen molar-refractivity contribution in [3.63, 3.8) is 0 Å². The van der Waals surface area contributed by atoms with Gasteiger partial charge in [-0.1, -0.05) is 6.92 Å². The fourth-order valence-corrected chi connectivity index (χ4v) is 5.47. The van der Waals surface area contributed by atoms with E-state index in [9.17, 15) is 10.1 Å². The van der Waals surface area contributed by atoms with Gasteiger partial charge in [0, 0.05) is 6.42 Å². The van der Waals surface area contributed by atoms with Crippen LogP contribution in [0, 0.1) is 40.4 Å². The lowest BCUT2D eigenvalue weighted by Gasteiger charge is -2.58. The maximum Gasteiger partial charge on any atom is 0.150 e. The van der Waals surface area contributed by atoms with Gasteiger partial charge < -0.3 is 0 Å². The first-order valence-corrected chi connectivity index (χ1v) is 7.59. The Morgan fingerprint density at radius 2 is 1.72 bits per heavy atom. The highest BCUT2D eigenvalue weighted by Crippen LogP contribution is 2.62. The Labute approximate surface area is 110 Å². The summed E-state index contributed by atoms with van der Waals surface area (Å²) in [7, 11) is 0. The largest absolute Gasteiger partial charge is 0.298 e. The van der Waals surface area contributed by atoms with Gasteiger partial charge in [-0.2, -0.15) is 5.26 Å². The van der Waals surface area contributed by atoms with Gasteiger partial charge in [0.1, 0.15) is 5.92 Å². The summed E-state index contributed by atoms with van der Waals surface area (Å²) in [6.45, 7) is 2.03. The Balaban J connectivity index is 1.85. The quantitative estimate of drug-likeness (QED) is 0.757. The Morgan fingerprint density at radius 1 is 1.22 bits per heavy atom.